The van der Waals surface area contributed by atoms with Crippen LogP contribution in [0.5, 0.6) is 5.75 Å². The molecule has 0 bridgehead atoms. The van der Waals surface area contributed by atoms with E-state index >= 15 is 0 Å². The maximum Gasteiger partial charge on any atom is 0.133 e. The van der Waals surface area contributed by atoms with Crippen LogP contribution in [0.3, 0.4) is 0 Å². The number of rotatable bonds is 4. The van der Waals surface area contributed by atoms with Crippen LogP contribution in [0.25, 0.3) is 0 Å². The number of ether oxygens (including phenoxy) is 1. The van der Waals surface area contributed by atoms with Gasteiger partial charge in [0.1, 0.15) is 17.3 Å². The molecule has 1 aromatic carbocycles. The topological polar surface area (TPSA) is 9.23 Å². The van der Waals surface area contributed by atoms with Gasteiger partial charge < -0.3 is 4.74 Å². The van der Waals surface area contributed by atoms with Crippen molar-refractivity contribution in [1.82, 2.24) is 0 Å². The van der Waals surface area contributed by atoms with Crippen molar-refractivity contribution in [2.45, 2.75) is 39.0 Å². The van der Waals surface area contributed by atoms with Gasteiger partial charge in [-0.2, -0.15) is 0 Å². The van der Waals surface area contributed by atoms with Crippen LogP contribution in [0.2, 0.25) is 0 Å². The van der Waals surface area contributed by atoms with Crippen molar-refractivity contribution < 1.29 is 9.13 Å². The smallest absolute Gasteiger partial charge is 0.133 e. The highest BCUT2D eigenvalue weighted by molar-refractivity contribution is 5.39. The minimum Gasteiger partial charge on any atom is -0.457 e. The Hall–Kier alpha value is -1.57. The van der Waals surface area contributed by atoms with Crippen LogP contribution in [0.1, 0.15) is 44.6 Å². The molecule has 0 heterocycles. The zero-order valence-electron chi connectivity index (χ0n) is 10.9. The third-order valence-corrected chi connectivity index (χ3v) is 3.31. The summed E-state index contributed by atoms with van der Waals surface area (Å²) in [5.74, 6) is 1.57. The first-order valence-electron chi connectivity index (χ1n) is 6.54. The third-order valence-electron chi connectivity index (χ3n) is 3.31. The molecule has 0 aliphatic heterocycles. The van der Waals surface area contributed by atoms with E-state index in [9.17, 15) is 4.39 Å². The quantitative estimate of drug-likeness (QED) is 0.730. The highest BCUT2D eigenvalue weighted by Crippen LogP contribution is 2.31. The fourth-order valence-corrected chi connectivity index (χ4v) is 2.02. The van der Waals surface area contributed by atoms with E-state index < -0.39 is 0 Å². The molecule has 96 valence electrons. The summed E-state index contributed by atoms with van der Waals surface area (Å²) in [7, 11) is 0. The molecule has 1 atom stereocenters. The Labute approximate surface area is 108 Å². The lowest BCUT2D eigenvalue weighted by atomic mass is 9.97. The Morgan fingerprint density at radius 3 is 2.83 bits per heavy atom. The summed E-state index contributed by atoms with van der Waals surface area (Å²) in [5, 5.41) is 0. The molecule has 1 nitrogen and oxygen atoms in total. The summed E-state index contributed by atoms with van der Waals surface area (Å²) in [6.07, 6.45) is 9.13. The van der Waals surface area contributed by atoms with Crippen LogP contribution in [-0.4, -0.2) is 0 Å². The molecule has 2 rings (SSSR count). The average molecular weight is 246 g/mol. The van der Waals surface area contributed by atoms with Crippen molar-refractivity contribution in [3.63, 3.8) is 0 Å². The van der Waals surface area contributed by atoms with Crippen LogP contribution in [0.15, 0.2) is 42.2 Å². The molecule has 2 heteroatoms. The SMILES string of the molecule is CC[C@H](C)c1ccc(F)cc1OC1=CCCC=C1. The molecule has 1 aromatic rings. The Bertz CT molecular complexity index is 474. The van der Waals surface area contributed by atoms with E-state index in [-0.39, 0.29) is 5.82 Å². The molecule has 0 radical (unpaired) electrons. The zero-order chi connectivity index (χ0) is 13.0. The van der Waals surface area contributed by atoms with Crippen molar-refractivity contribution in [2.75, 3.05) is 0 Å². The summed E-state index contributed by atoms with van der Waals surface area (Å²) in [6, 6.07) is 4.80. The Balaban J connectivity index is 2.27. The molecule has 1 aliphatic carbocycles. The van der Waals surface area contributed by atoms with E-state index in [1.54, 1.807) is 0 Å². The molecule has 0 aromatic heterocycles. The molecule has 0 saturated carbocycles. The van der Waals surface area contributed by atoms with Crippen molar-refractivity contribution in [2.24, 2.45) is 0 Å². The Kier molecular flexibility index (Phi) is 4.19. The lowest BCUT2D eigenvalue weighted by Crippen LogP contribution is -2.01. The third kappa shape index (κ3) is 3.00. The molecular weight excluding hydrogens is 227 g/mol. The second kappa shape index (κ2) is 5.85. The van der Waals surface area contributed by atoms with E-state index in [1.807, 2.05) is 18.2 Å². The Morgan fingerprint density at radius 2 is 2.17 bits per heavy atom. The lowest BCUT2D eigenvalue weighted by molar-refractivity contribution is 0.425. The van der Waals surface area contributed by atoms with Crippen molar-refractivity contribution in [3.8, 4) is 5.75 Å². The summed E-state index contributed by atoms with van der Waals surface area (Å²) in [6.45, 7) is 4.25. The van der Waals surface area contributed by atoms with Crippen LogP contribution >= 0.6 is 0 Å². The summed E-state index contributed by atoms with van der Waals surface area (Å²) >= 11 is 0. The van der Waals surface area contributed by atoms with Crippen LogP contribution in [0, 0.1) is 5.82 Å². The molecular formula is C16H19FO. The first-order valence-corrected chi connectivity index (χ1v) is 6.54. The van der Waals surface area contributed by atoms with Crippen molar-refractivity contribution in [3.05, 3.63) is 53.6 Å². The van der Waals surface area contributed by atoms with Gasteiger partial charge in [0.15, 0.2) is 0 Å². The van der Waals surface area contributed by atoms with Gasteiger partial charge in [-0.3, -0.25) is 0 Å². The molecule has 0 N–H and O–H groups in total. The second-order valence-corrected chi connectivity index (χ2v) is 4.68. The molecule has 0 spiro atoms. The summed E-state index contributed by atoms with van der Waals surface area (Å²) in [5.41, 5.74) is 1.07. The fourth-order valence-electron chi connectivity index (χ4n) is 2.02. The van der Waals surface area contributed by atoms with Gasteiger partial charge in [-0.15, -0.1) is 0 Å². The van der Waals surface area contributed by atoms with E-state index in [0.717, 1.165) is 30.6 Å². The molecule has 1 aliphatic rings. The van der Waals surface area contributed by atoms with Crippen LogP contribution in [-0.2, 0) is 0 Å². The molecule has 18 heavy (non-hydrogen) atoms. The number of allylic oxidation sites excluding steroid dienone is 3. The molecule has 0 amide bonds. The number of halogens is 1. The van der Waals surface area contributed by atoms with Crippen molar-refractivity contribution >= 4 is 0 Å². The standard InChI is InChI=1S/C16H19FO/c1-3-12(2)15-10-9-13(17)11-16(15)18-14-7-5-4-6-8-14/h5,7-12H,3-4,6H2,1-2H3/t12-/m0/s1. The van der Waals surface area contributed by atoms with Gasteiger partial charge in [-0.1, -0.05) is 26.0 Å². The largest absolute Gasteiger partial charge is 0.457 e. The fraction of sp³-hybridized carbons (Fsp3) is 0.375. The van der Waals surface area contributed by atoms with E-state index in [1.165, 1.54) is 12.1 Å². The predicted octanol–water partition coefficient (Wildman–Crippen LogP) is 4.95. The molecule has 0 unspecified atom stereocenters. The van der Waals surface area contributed by atoms with Gasteiger partial charge in [0, 0.05) is 6.07 Å². The second-order valence-electron chi connectivity index (χ2n) is 4.68. The van der Waals surface area contributed by atoms with Gasteiger partial charge in [0.05, 0.1) is 0 Å². The minimum absolute atomic E-state index is 0.252. The minimum atomic E-state index is -0.252. The normalized spacial score (nSPS) is 16.3. The van der Waals surface area contributed by atoms with Gasteiger partial charge in [-0.25, -0.2) is 4.39 Å². The van der Waals surface area contributed by atoms with E-state index in [4.69, 9.17) is 4.74 Å². The van der Waals surface area contributed by atoms with Gasteiger partial charge in [0.2, 0.25) is 0 Å². The zero-order valence-corrected chi connectivity index (χ0v) is 10.9. The summed E-state index contributed by atoms with van der Waals surface area (Å²) in [4.78, 5) is 0. The van der Waals surface area contributed by atoms with Gasteiger partial charge in [-0.05, 0) is 49.0 Å². The average Bonchev–Trinajstić information content (AvgIpc) is 2.39. The molecule has 0 saturated heterocycles. The van der Waals surface area contributed by atoms with Crippen LogP contribution < -0.4 is 4.74 Å². The summed E-state index contributed by atoms with van der Waals surface area (Å²) < 4.78 is 19.2. The number of benzene rings is 1. The highest BCUT2D eigenvalue weighted by atomic mass is 19.1. The predicted molar refractivity (Wildman–Crippen MR) is 72.2 cm³/mol. The van der Waals surface area contributed by atoms with Gasteiger partial charge >= 0.3 is 0 Å². The number of hydrogen-bond donors (Lipinski definition) is 0. The maximum atomic E-state index is 13.4. The van der Waals surface area contributed by atoms with Crippen molar-refractivity contribution in [1.29, 1.82) is 0 Å². The van der Waals surface area contributed by atoms with Crippen LogP contribution in [0.4, 0.5) is 4.39 Å². The Morgan fingerprint density at radius 1 is 1.33 bits per heavy atom. The maximum absolute atomic E-state index is 13.4. The van der Waals surface area contributed by atoms with Gasteiger partial charge in [0.25, 0.3) is 0 Å². The van der Waals surface area contributed by atoms with E-state index in [2.05, 4.69) is 19.9 Å². The van der Waals surface area contributed by atoms with E-state index in [0.29, 0.717) is 11.7 Å². The first-order chi connectivity index (χ1) is 8.70. The number of hydrogen-bond acceptors (Lipinski definition) is 1. The molecule has 0 fully saturated rings. The monoisotopic (exact) mass is 246 g/mol. The lowest BCUT2D eigenvalue weighted by Gasteiger charge is -2.17. The highest BCUT2D eigenvalue weighted by Gasteiger charge is 2.12. The first kappa shape index (κ1) is 12.9.